The molecule has 2 aromatic carbocycles. The molecule has 0 spiro atoms. The molecule has 0 aromatic heterocycles. The van der Waals surface area contributed by atoms with Crippen LogP contribution in [0.1, 0.15) is 16.7 Å². The highest BCUT2D eigenvalue weighted by Crippen LogP contribution is 2.42. The van der Waals surface area contributed by atoms with Crippen LogP contribution in [0.5, 0.6) is 5.75 Å². The third-order valence-corrected chi connectivity index (χ3v) is 3.74. The number of alkyl halides is 3. The van der Waals surface area contributed by atoms with E-state index >= 15 is 0 Å². The Labute approximate surface area is 129 Å². The first-order chi connectivity index (χ1) is 10.7. The molecule has 1 aliphatic heterocycles. The number of anilines is 1. The van der Waals surface area contributed by atoms with Gasteiger partial charge in [-0.25, -0.2) is 0 Å². The maximum absolute atomic E-state index is 12.2. The summed E-state index contributed by atoms with van der Waals surface area (Å²) in [4.78, 5) is 12.2. The molecule has 1 aliphatic rings. The van der Waals surface area contributed by atoms with E-state index in [1.54, 1.807) is 25.1 Å². The maximum atomic E-state index is 12.2. The normalized spacial score (nSPS) is 20.1. The van der Waals surface area contributed by atoms with E-state index in [1.165, 1.54) is 12.1 Å². The molecule has 23 heavy (non-hydrogen) atoms. The summed E-state index contributed by atoms with van der Waals surface area (Å²) in [7, 11) is 0. The number of amides is 1. The minimum absolute atomic E-state index is 0.161. The lowest BCUT2D eigenvalue weighted by atomic mass is 9.87. The number of aliphatic hydroxyl groups is 1. The SMILES string of the molecule is Cc1cccc2c1NC(=O)C2(O)c1ccc(OC(F)(F)F)cc1. The van der Waals surface area contributed by atoms with Gasteiger partial charge >= 0.3 is 6.36 Å². The van der Waals surface area contributed by atoms with Crippen molar-refractivity contribution in [1.82, 2.24) is 0 Å². The Morgan fingerprint density at radius 3 is 2.39 bits per heavy atom. The van der Waals surface area contributed by atoms with Crippen LogP contribution in [-0.2, 0) is 10.4 Å². The molecule has 1 unspecified atom stereocenters. The van der Waals surface area contributed by atoms with E-state index in [0.717, 1.165) is 17.7 Å². The quantitative estimate of drug-likeness (QED) is 0.893. The molecule has 0 fully saturated rings. The summed E-state index contributed by atoms with van der Waals surface area (Å²) in [6, 6.07) is 9.66. The number of hydrogen-bond donors (Lipinski definition) is 2. The van der Waals surface area contributed by atoms with Crippen LogP contribution in [0.25, 0.3) is 0 Å². The van der Waals surface area contributed by atoms with Crippen LogP contribution in [0.15, 0.2) is 42.5 Å². The predicted octanol–water partition coefficient (Wildman–Crippen LogP) is 3.08. The van der Waals surface area contributed by atoms with E-state index < -0.39 is 23.6 Å². The topological polar surface area (TPSA) is 58.6 Å². The van der Waals surface area contributed by atoms with Crippen molar-refractivity contribution in [3.05, 3.63) is 59.2 Å². The molecule has 1 amide bonds. The Balaban J connectivity index is 2.02. The van der Waals surface area contributed by atoms with Crippen LogP contribution >= 0.6 is 0 Å². The summed E-state index contributed by atoms with van der Waals surface area (Å²) in [5.74, 6) is -1.07. The second-order valence-electron chi connectivity index (χ2n) is 5.23. The van der Waals surface area contributed by atoms with Crippen molar-refractivity contribution >= 4 is 11.6 Å². The van der Waals surface area contributed by atoms with Gasteiger partial charge in [-0.3, -0.25) is 4.79 Å². The summed E-state index contributed by atoms with van der Waals surface area (Å²) in [5.41, 5.74) is -0.127. The standard InChI is InChI=1S/C16H12F3NO3/c1-9-3-2-4-12-13(9)20-14(21)15(12,22)10-5-7-11(8-6-10)23-16(17,18)19/h2-8,22H,1H3,(H,20,21). The fraction of sp³-hybridized carbons (Fsp3) is 0.188. The van der Waals surface area contributed by atoms with Crippen molar-refractivity contribution in [2.75, 3.05) is 5.32 Å². The van der Waals surface area contributed by atoms with Crippen molar-refractivity contribution in [2.24, 2.45) is 0 Å². The van der Waals surface area contributed by atoms with Gasteiger partial charge < -0.3 is 15.2 Å². The number of halogens is 3. The number of ether oxygens (including phenoxy) is 1. The van der Waals surface area contributed by atoms with Crippen LogP contribution in [0.2, 0.25) is 0 Å². The van der Waals surface area contributed by atoms with Gasteiger partial charge in [0.1, 0.15) is 5.75 Å². The zero-order valence-electron chi connectivity index (χ0n) is 11.9. The highest BCUT2D eigenvalue weighted by molar-refractivity contribution is 6.07. The largest absolute Gasteiger partial charge is 0.573 e. The molecule has 7 heteroatoms. The Bertz CT molecular complexity index is 771. The van der Waals surface area contributed by atoms with Crippen molar-refractivity contribution in [1.29, 1.82) is 0 Å². The number of fused-ring (bicyclic) bond motifs is 1. The number of benzene rings is 2. The molecule has 2 N–H and O–H groups in total. The van der Waals surface area contributed by atoms with Crippen LogP contribution in [0, 0.1) is 6.92 Å². The third-order valence-electron chi connectivity index (χ3n) is 3.74. The molecule has 0 aliphatic carbocycles. The number of nitrogens with one attached hydrogen (secondary N) is 1. The lowest BCUT2D eigenvalue weighted by Crippen LogP contribution is -2.35. The molecule has 120 valence electrons. The van der Waals surface area contributed by atoms with E-state index in [0.29, 0.717) is 11.3 Å². The van der Waals surface area contributed by atoms with E-state index in [1.807, 2.05) is 0 Å². The van der Waals surface area contributed by atoms with Crippen LogP contribution in [0.4, 0.5) is 18.9 Å². The van der Waals surface area contributed by atoms with Gasteiger partial charge in [-0.15, -0.1) is 13.2 Å². The monoisotopic (exact) mass is 323 g/mol. The van der Waals surface area contributed by atoms with Crippen molar-refractivity contribution in [3.63, 3.8) is 0 Å². The lowest BCUT2D eigenvalue weighted by molar-refractivity contribution is -0.274. The van der Waals surface area contributed by atoms with Gasteiger partial charge in [-0.1, -0.05) is 30.3 Å². The predicted molar refractivity (Wildman–Crippen MR) is 75.9 cm³/mol. The number of aryl methyl sites for hydroxylation is 1. The molecule has 0 saturated carbocycles. The number of carbonyl (C=O) groups is 1. The van der Waals surface area contributed by atoms with Gasteiger partial charge in [0.25, 0.3) is 5.91 Å². The van der Waals surface area contributed by atoms with Gasteiger partial charge in [-0.2, -0.15) is 0 Å². The number of carbonyl (C=O) groups excluding carboxylic acids is 1. The highest BCUT2D eigenvalue weighted by Gasteiger charge is 2.47. The van der Waals surface area contributed by atoms with Gasteiger partial charge in [-0.05, 0) is 30.2 Å². The molecular formula is C16H12F3NO3. The van der Waals surface area contributed by atoms with Crippen molar-refractivity contribution in [3.8, 4) is 5.75 Å². The van der Waals surface area contributed by atoms with Gasteiger partial charge in [0.05, 0.1) is 5.69 Å². The van der Waals surface area contributed by atoms with Crippen LogP contribution < -0.4 is 10.1 Å². The number of hydrogen-bond acceptors (Lipinski definition) is 3. The first-order valence-corrected chi connectivity index (χ1v) is 6.72. The fourth-order valence-corrected chi connectivity index (χ4v) is 2.65. The van der Waals surface area contributed by atoms with Crippen molar-refractivity contribution < 1.29 is 27.8 Å². The molecule has 4 nitrogen and oxygen atoms in total. The maximum Gasteiger partial charge on any atom is 0.573 e. The average molecular weight is 323 g/mol. The van der Waals surface area contributed by atoms with Gasteiger partial charge in [0, 0.05) is 5.56 Å². The Morgan fingerprint density at radius 2 is 1.78 bits per heavy atom. The Kier molecular flexibility index (Phi) is 3.33. The zero-order chi connectivity index (χ0) is 16.8. The minimum atomic E-state index is -4.80. The third kappa shape index (κ3) is 2.53. The van der Waals surface area contributed by atoms with Gasteiger partial charge in [0.2, 0.25) is 0 Å². The minimum Gasteiger partial charge on any atom is -0.406 e. The molecule has 0 radical (unpaired) electrons. The molecule has 1 heterocycles. The van der Waals surface area contributed by atoms with Crippen LogP contribution in [-0.4, -0.2) is 17.4 Å². The van der Waals surface area contributed by atoms with E-state index in [-0.39, 0.29) is 5.56 Å². The van der Waals surface area contributed by atoms with E-state index in [4.69, 9.17) is 0 Å². The molecule has 1 atom stereocenters. The Morgan fingerprint density at radius 1 is 1.13 bits per heavy atom. The average Bonchev–Trinajstić information content (AvgIpc) is 2.73. The molecule has 2 aromatic rings. The molecule has 0 saturated heterocycles. The molecular weight excluding hydrogens is 311 g/mol. The second-order valence-corrected chi connectivity index (χ2v) is 5.23. The smallest absolute Gasteiger partial charge is 0.406 e. The van der Waals surface area contributed by atoms with Gasteiger partial charge in [0.15, 0.2) is 5.60 Å². The second kappa shape index (κ2) is 4.99. The Hall–Kier alpha value is -2.54. The zero-order valence-corrected chi connectivity index (χ0v) is 11.9. The van der Waals surface area contributed by atoms with E-state index in [9.17, 15) is 23.1 Å². The summed E-state index contributed by atoms with van der Waals surface area (Å²) in [6.45, 7) is 1.78. The van der Waals surface area contributed by atoms with E-state index in [2.05, 4.69) is 10.1 Å². The number of rotatable bonds is 2. The summed E-state index contributed by atoms with van der Waals surface area (Å²) < 4.78 is 40.3. The molecule has 0 bridgehead atoms. The summed E-state index contributed by atoms with van der Waals surface area (Å²) in [6.07, 6.45) is -4.80. The van der Waals surface area contributed by atoms with Crippen molar-refractivity contribution in [2.45, 2.75) is 18.9 Å². The fourth-order valence-electron chi connectivity index (χ4n) is 2.65. The summed E-state index contributed by atoms with van der Waals surface area (Å²) in [5, 5.41) is 13.5. The lowest BCUT2D eigenvalue weighted by Gasteiger charge is -2.22. The highest BCUT2D eigenvalue weighted by atomic mass is 19.4. The number of para-hydroxylation sites is 1. The summed E-state index contributed by atoms with van der Waals surface area (Å²) >= 11 is 0. The molecule has 3 rings (SSSR count). The first kappa shape index (κ1) is 15.4. The first-order valence-electron chi connectivity index (χ1n) is 6.72. The van der Waals surface area contributed by atoms with Crippen LogP contribution in [0.3, 0.4) is 0 Å².